The summed E-state index contributed by atoms with van der Waals surface area (Å²) in [5.74, 6) is 1.95. The summed E-state index contributed by atoms with van der Waals surface area (Å²) in [7, 11) is 4.11. The number of hydrogen-bond donors (Lipinski definition) is 0. The van der Waals surface area contributed by atoms with Gasteiger partial charge in [-0.25, -0.2) is 0 Å². The van der Waals surface area contributed by atoms with Crippen molar-refractivity contribution in [3.8, 4) is 0 Å². The molecule has 0 aliphatic rings. The van der Waals surface area contributed by atoms with Crippen LogP contribution in [-0.4, -0.2) is 44.0 Å². The van der Waals surface area contributed by atoms with Crippen LogP contribution in [0.3, 0.4) is 0 Å². The summed E-state index contributed by atoms with van der Waals surface area (Å²) in [5, 5.41) is 4.20. The van der Waals surface area contributed by atoms with E-state index < -0.39 is 0 Å². The molecular formula is C16H20N2S6. The quantitative estimate of drug-likeness (QED) is 0.423. The van der Waals surface area contributed by atoms with E-state index in [9.17, 15) is 0 Å². The lowest BCUT2D eigenvalue weighted by Crippen LogP contribution is -2.23. The van der Waals surface area contributed by atoms with Crippen molar-refractivity contribution in [3.05, 3.63) is 44.8 Å². The normalized spacial score (nSPS) is 10.6. The molecule has 0 bridgehead atoms. The summed E-state index contributed by atoms with van der Waals surface area (Å²) < 4.78 is 1.89. The number of rotatable bonds is 7. The molecule has 0 aromatic carbocycles. The first-order chi connectivity index (χ1) is 11.6. The molecule has 0 saturated heterocycles. The molecule has 0 fully saturated rings. The fraction of sp³-hybridized carbons (Fsp3) is 0.375. The third kappa shape index (κ3) is 7.01. The standard InChI is InChI=1S/C16H20N2S6/c1-17(11-13-5-3-7-21-13)15(19)23-9-10-24-16(20)18(2)12-14-6-4-8-22-14/h3-8H,9-12H2,1-2H3. The van der Waals surface area contributed by atoms with E-state index in [0.717, 1.165) is 33.2 Å². The first kappa shape index (κ1) is 20.2. The zero-order chi connectivity index (χ0) is 17.4. The maximum atomic E-state index is 5.50. The Morgan fingerprint density at radius 3 is 1.62 bits per heavy atom. The molecule has 0 amide bonds. The lowest BCUT2D eigenvalue weighted by atomic mass is 10.4. The zero-order valence-corrected chi connectivity index (χ0v) is 18.5. The Morgan fingerprint density at radius 2 is 1.29 bits per heavy atom. The van der Waals surface area contributed by atoms with E-state index >= 15 is 0 Å². The van der Waals surface area contributed by atoms with Crippen LogP contribution in [0.25, 0.3) is 0 Å². The molecule has 2 aromatic rings. The molecule has 0 radical (unpaired) electrons. The van der Waals surface area contributed by atoms with E-state index in [-0.39, 0.29) is 0 Å². The van der Waals surface area contributed by atoms with E-state index in [2.05, 4.69) is 58.9 Å². The minimum Gasteiger partial charge on any atom is -0.355 e. The summed E-state index contributed by atoms with van der Waals surface area (Å²) in [4.78, 5) is 6.95. The highest BCUT2D eigenvalue weighted by Gasteiger charge is 2.09. The topological polar surface area (TPSA) is 6.48 Å². The third-order valence-corrected chi connectivity index (χ3v) is 8.35. The van der Waals surface area contributed by atoms with Gasteiger partial charge in [-0.15, -0.1) is 22.7 Å². The Hall–Kier alpha value is -0.120. The Balaban J connectivity index is 1.61. The van der Waals surface area contributed by atoms with E-state index in [4.69, 9.17) is 24.4 Å². The molecule has 2 heterocycles. The average Bonchev–Trinajstić information content (AvgIpc) is 3.24. The lowest BCUT2D eigenvalue weighted by Gasteiger charge is -2.20. The largest absolute Gasteiger partial charge is 0.355 e. The molecule has 0 aliphatic heterocycles. The van der Waals surface area contributed by atoms with Crippen molar-refractivity contribution in [2.75, 3.05) is 25.6 Å². The monoisotopic (exact) mass is 432 g/mol. The highest BCUT2D eigenvalue weighted by atomic mass is 32.2. The van der Waals surface area contributed by atoms with Crippen LogP contribution in [0.1, 0.15) is 9.75 Å². The molecule has 0 saturated carbocycles. The molecule has 0 aliphatic carbocycles. The summed E-state index contributed by atoms with van der Waals surface area (Å²) in [6.45, 7) is 1.78. The van der Waals surface area contributed by atoms with Gasteiger partial charge in [0.1, 0.15) is 8.64 Å². The van der Waals surface area contributed by atoms with Crippen molar-refractivity contribution in [2.45, 2.75) is 13.1 Å². The van der Waals surface area contributed by atoms with Crippen molar-refractivity contribution < 1.29 is 0 Å². The predicted molar refractivity (Wildman–Crippen MR) is 122 cm³/mol. The number of thiocarbonyl (C=S) groups is 2. The zero-order valence-electron chi connectivity index (χ0n) is 13.6. The maximum Gasteiger partial charge on any atom is 0.136 e. The predicted octanol–water partition coefficient (Wildman–Crippen LogP) is 5.41. The summed E-state index contributed by atoms with van der Waals surface area (Å²) >= 11 is 18.0. The van der Waals surface area contributed by atoms with Gasteiger partial charge >= 0.3 is 0 Å². The second-order valence-electron chi connectivity index (χ2n) is 5.10. The van der Waals surface area contributed by atoms with Crippen LogP contribution in [0.4, 0.5) is 0 Å². The van der Waals surface area contributed by atoms with Crippen molar-refractivity contribution in [3.63, 3.8) is 0 Å². The fourth-order valence-electron chi connectivity index (χ4n) is 1.88. The van der Waals surface area contributed by atoms with E-state index in [1.54, 1.807) is 46.2 Å². The van der Waals surface area contributed by atoms with Gasteiger partial charge in [-0.1, -0.05) is 60.1 Å². The van der Waals surface area contributed by atoms with Crippen LogP contribution < -0.4 is 0 Å². The van der Waals surface area contributed by atoms with Crippen molar-refractivity contribution >= 4 is 79.3 Å². The molecule has 0 atom stereocenters. The van der Waals surface area contributed by atoms with E-state index in [0.29, 0.717) is 0 Å². The highest BCUT2D eigenvalue weighted by molar-refractivity contribution is 8.25. The molecule has 0 N–H and O–H groups in total. The molecule has 2 aromatic heterocycles. The van der Waals surface area contributed by atoms with Gasteiger partial charge in [0.25, 0.3) is 0 Å². The van der Waals surface area contributed by atoms with Crippen LogP contribution in [0.5, 0.6) is 0 Å². The first-order valence-electron chi connectivity index (χ1n) is 7.37. The minimum atomic E-state index is 0.888. The number of hydrogen-bond acceptors (Lipinski definition) is 6. The Kier molecular flexibility index (Phi) is 9.07. The van der Waals surface area contributed by atoms with E-state index in [1.807, 2.05) is 0 Å². The second kappa shape index (κ2) is 10.8. The Labute approximate surface area is 171 Å². The van der Waals surface area contributed by atoms with Gasteiger partial charge in [-0.3, -0.25) is 0 Å². The van der Waals surface area contributed by atoms with Crippen molar-refractivity contribution in [2.24, 2.45) is 0 Å². The lowest BCUT2D eigenvalue weighted by molar-refractivity contribution is 0.524. The molecule has 24 heavy (non-hydrogen) atoms. The second-order valence-corrected chi connectivity index (χ2v) is 10.6. The van der Waals surface area contributed by atoms with E-state index in [1.165, 1.54) is 9.75 Å². The third-order valence-electron chi connectivity index (χ3n) is 3.10. The Bertz CT molecular complexity index is 567. The van der Waals surface area contributed by atoms with Crippen LogP contribution in [0.2, 0.25) is 0 Å². The van der Waals surface area contributed by atoms with Gasteiger partial charge in [-0.2, -0.15) is 0 Å². The molecule has 2 rings (SSSR count). The smallest absolute Gasteiger partial charge is 0.136 e. The Morgan fingerprint density at radius 1 is 0.875 bits per heavy atom. The fourth-order valence-corrected chi connectivity index (χ4v) is 5.61. The molecule has 8 heteroatoms. The van der Waals surface area contributed by atoms with Crippen LogP contribution in [-0.2, 0) is 13.1 Å². The van der Waals surface area contributed by atoms with Gasteiger partial charge in [0.15, 0.2) is 0 Å². The summed E-state index contributed by atoms with van der Waals surface area (Å²) in [6, 6.07) is 8.45. The van der Waals surface area contributed by atoms with Crippen LogP contribution in [0.15, 0.2) is 35.0 Å². The van der Waals surface area contributed by atoms with Gasteiger partial charge in [0.2, 0.25) is 0 Å². The summed E-state index contributed by atoms with van der Waals surface area (Å²) in [6.07, 6.45) is 0. The first-order valence-corrected chi connectivity index (χ1v) is 11.9. The van der Waals surface area contributed by atoms with Gasteiger partial charge in [0, 0.05) is 35.4 Å². The number of thioether (sulfide) groups is 2. The summed E-state index contributed by atoms with van der Waals surface area (Å²) in [5.41, 5.74) is 0. The van der Waals surface area contributed by atoms with Crippen LogP contribution in [0, 0.1) is 0 Å². The van der Waals surface area contributed by atoms with Crippen molar-refractivity contribution in [1.29, 1.82) is 0 Å². The van der Waals surface area contributed by atoms with Gasteiger partial charge in [0.05, 0.1) is 13.1 Å². The number of thiophene rings is 2. The molecule has 2 nitrogen and oxygen atoms in total. The number of nitrogens with zero attached hydrogens (tertiary/aromatic N) is 2. The van der Waals surface area contributed by atoms with Gasteiger partial charge < -0.3 is 9.80 Å². The minimum absolute atomic E-state index is 0.888. The molecular weight excluding hydrogens is 413 g/mol. The van der Waals surface area contributed by atoms with Crippen molar-refractivity contribution in [1.82, 2.24) is 9.80 Å². The van der Waals surface area contributed by atoms with Gasteiger partial charge in [-0.05, 0) is 22.9 Å². The molecule has 130 valence electrons. The SMILES string of the molecule is CN(Cc1cccs1)C(=S)SCCSC(=S)N(C)Cc1cccs1. The average molecular weight is 433 g/mol. The maximum absolute atomic E-state index is 5.50. The highest BCUT2D eigenvalue weighted by Crippen LogP contribution is 2.19. The molecule has 0 unspecified atom stereocenters. The molecule has 0 spiro atoms. The van der Waals surface area contributed by atoms with Crippen LogP contribution >= 0.6 is 70.6 Å².